The monoisotopic (exact) mass is 210 g/mol. The highest BCUT2D eigenvalue weighted by Gasteiger charge is 2.24. The van der Waals surface area contributed by atoms with Crippen molar-refractivity contribution in [2.75, 3.05) is 0 Å². The summed E-state index contributed by atoms with van der Waals surface area (Å²) in [6.45, 7) is 1.53. The van der Waals surface area contributed by atoms with E-state index in [0.29, 0.717) is 5.56 Å². The van der Waals surface area contributed by atoms with Crippen molar-refractivity contribution in [3.8, 4) is 5.75 Å². The molecule has 1 unspecified atom stereocenters. The zero-order valence-corrected chi connectivity index (χ0v) is 8.47. The summed E-state index contributed by atoms with van der Waals surface area (Å²) in [6, 6.07) is 6.19. The molecule has 1 aromatic carbocycles. The maximum Gasteiger partial charge on any atom is 0.303 e. The fourth-order valence-corrected chi connectivity index (χ4v) is 1.34. The third kappa shape index (κ3) is 3.25. The minimum atomic E-state index is -1.23. The second kappa shape index (κ2) is 4.31. The molecular formula is C11H14O4. The molecule has 0 bridgehead atoms. The molecule has 0 aliphatic heterocycles. The Balaban J connectivity index is 2.80. The van der Waals surface area contributed by atoms with Crippen LogP contribution in [0.4, 0.5) is 0 Å². The van der Waals surface area contributed by atoms with E-state index in [2.05, 4.69) is 0 Å². The number of carboxylic acids is 1. The van der Waals surface area contributed by atoms with Crippen LogP contribution in [-0.2, 0) is 10.4 Å². The summed E-state index contributed by atoms with van der Waals surface area (Å²) in [4.78, 5) is 10.4. The molecule has 0 heterocycles. The lowest BCUT2D eigenvalue weighted by atomic mass is 9.91. The molecule has 82 valence electrons. The molecule has 4 nitrogen and oxygen atoms in total. The maximum atomic E-state index is 10.4. The topological polar surface area (TPSA) is 77.8 Å². The van der Waals surface area contributed by atoms with Gasteiger partial charge < -0.3 is 15.3 Å². The van der Waals surface area contributed by atoms with E-state index in [0.717, 1.165) is 0 Å². The van der Waals surface area contributed by atoms with Gasteiger partial charge in [-0.15, -0.1) is 0 Å². The van der Waals surface area contributed by atoms with Crippen LogP contribution in [0, 0.1) is 0 Å². The Morgan fingerprint density at radius 2 is 2.13 bits per heavy atom. The first-order valence-electron chi connectivity index (χ1n) is 4.65. The Morgan fingerprint density at radius 1 is 1.47 bits per heavy atom. The molecule has 0 amide bonds. The van der Waals surface area contributed by atoms with E-state index in [1.54, 1.807) is 12.1 Å². The number of aliphatic carboxylic acids is 1. The first-order valence-corrected chi connectivity index (χ1v) is 4.65. The lowest BCUT2D eigenvalue weighted by molar-refractivity contribution is -0.138. The molecule has 3 N–H and O–H groups in total. The van der Waals surface area contributed by atoms with Gasteiger partial charge in [-0.05, 0) is 31.0 Å². The van der Waals surface area contributed by atoms with Crippen LogP contribution < -0.4 is 0 Å². The van der Waals surface area contributed by atoms with Gasteiger partial charge in [0.05, 0.1) is 5.60 Å². The first-order chi connectivity index (χ1) is 6.92. The molecule has 0 saturated carbocycles. The lowest BCUT2D eigenvalue weighted by Gasteiger charge is -2.23. The van der Waals surface area contributed by atoms with Crippen molar-refractivity contribution in [3.05, 3.63) is 29.8 Å². The van der Waals surface area contributed by atoms with Gasteiger partial charge >= 0.3 is 5.97 Å². The van der Waals surface area contributed by atoms with E-state index in [1.807, 2.05) is 0 Å². The number of aliphatic hydroxyl groups is 1. The van der Waals surface area contributed by atoms with Crippen LogP contribution in [0.2, 0.25) is 0 Å². The number of hydrogen-bond acceptors (Lipinski definition) is 3. The fraction of sp³-hybridized carbons (Fsp3) is 0.364. The molecule has 0 aromatic heterocycles. The number of benzene rings is 1. The Kier molecular flexibility index (Phi) is 3.31. The minimum Gasteiger partial charge on any atom is -0.508 e. The zero-order chi connectivity index (χ0) is 11.5. The summed E-state index contributed by atoms with van der Waals surface area (Å²) in [5, 5.41) is 27.7. The predicted octanol–water partition coefficient (Wildman–Crippen LogP) is 1.46. The average molecular weight is 210 g/mol. The zero-order valence-electron chi connectivity index (χ0n) is 8.47. The number of rotatable bonds is 4. The third-order valence-corrected chi connectivity index (χ3v) is 2.29. The summed E-state index contributed by atoms with van der Waals surface area (Å²) in [5.41, 5.74) is -0.708. The molecule has 0 saturated heterocycles. The number of aromatic hydroxyl groups is 1. The summed E-state index contributed by atoms with van der Waals surface area (Å²) < 4.78 is 0. The Bertz CT molecular complexity index is 357. The van der Waals surface area contributed by atoms with Gasteiger partial charge in [-0.1, -0.05) is 12.1 Å². The Morgan fingerprint density at radius 3 is 2.67 bits per heavy atom. The first kappa shape index (κ1) is 11.5. The van der Waals surface area contributed by atoms with E-state index in [9.17, 15) is 15.0 Å². The molecule has 0 spiro atoms. The van der Waals surface area contributed by atoms with Crippen LogP contribution in [0.5, 0.6) is 5.75 Å². The molecule has 0 radical (unpaired) electrons. The van der Waals surface area contributed by atoms with Crippen LogP contribution >= 0.6 is 0 Å². The number of phenolic OH excluding ortho intramolecular Hbond substituents is 1. The quantitative estimate of drug-likeness (QED) is 0.703. The molecular weight excluding hydrogens is 196 g/mol. The third-order valence-electron chi connectivity index (χ3n) is 2.29. The van der Waals surface area contributed by atoms with Gasteiger partial charge in [0.2, 0.25) is 0 Å². The standard InChI is InChI=1S/C11H14O4/c1-11(15,6-5-10(13)14)8-3-2-4-9(12)7-8/h2-4,7,12,15H,5-6H2,1H3,(H,13,14). The fourth-order valence-electron chi connectivity index (χ4n) is 1.34. The van der Waals surface area contributed by atoms with E-state index >= 15 is 0 Å². The van der Waals surface area contributed by atoms with Gasteiger partial charge in [0.25, 0.3) is 0 Å². The molecule has 1 aromatic rings. The Labute approximate surface area is 87.8 Å². The SMILES string of the molecule is CC(O)(CCC(=O)O)c1cccc(O)c1. The van der Waals surface area contributed by atoms with Crippen molar-refractivity contribution in [2.45, 2.75) is 25.4 Å². The highest BCUT2D eigenvalue weighted by molar-refractivity contribution is 5.66. The normalized spacial score (nSPS) is 14.5. The van der Waals surface area contributed by atoms with Crippen LogP contribution in [0.25, 0.3) is 0 Å². The van der Waals surface area contributed by atoms with Gasteiger partial charge in [0.15, 0.2) is 0 Å². The predicted molar refractivity (Wildman–Crippen MR) is 54.5 cm³/mol. The van der Waals surface area contributed by atoms with E-state index in [-0.39, 0.29) is 18.6 Å². The van der Waals surface area contributed by atoms with Gasteiger partial charge in [-0.3, -0.25) is 4.79 Å². The van der Waals surface area contributed by atoms with Gasteiger partial charge in [-0.2, -0.15) is 0 Å². The van der Waals surface area contributed by atoms with Gasteiger partial charge in [0, 0.05) is 6.42 Å². The number of hydrogen-bond donors (Lipinski definition) is 3. The number of carboxylic acid groups (broad SMARTS) is 1. The molecule has 4 heteroatoms. The molecule has 0 fully saturated rings. The van der Waals surface area contributed by atoms with Crippen molar-refractivity contribution in [1.29, 1.82) is 0 Å². The largest absolute Gasteiger partial charge is 0.508 e. The van der Waals surface area contributed by atoms with Crippen molar-refractivity contribution in [1.82, 2.24) is 0 Å². The summed E-state index contributed by atoms with van der Waals surface area (Å²) in [5.74, 6) is -0.890. The van der Waals surface area contributed by atoms with Crippen LogP contribution in [0.1, 0.15) is 25.3 Å². The molecule has 1 atom stereocenters. The van der Waals surface area contributed by atoms with E-state index in [4.69, 9.17) is 5.11 Å². The second-order valence-electron chi connectivity index (χ2n) is 3.72. The Hall–Kier alpha value is -1.55. The molecule has 1 rings (SSSR count). The molecule has 0 aliphatic carbocycles. The van der Waals surface area contributed by atoms with Gasteiger partial charge in [0.1, 0.15) is 5.75 Å². The van der Waals surface area contributed by atoms with Crippen LogP contribution in [0.15, 0.2) is 24.3 Å². The minimum absolute atomic E-state index is 0.0584. The number of carbonyl (C=O) groups is 1. The maximum absolute atomic E-state index is 10.4. The summed E-state index contributed by atoms with van der Waals surface area (Å²) >= 11 is 0. The highest BCUT2D eigenvalue weighted by Crippen LogP contribution is 2.27. The van der Waals surface area contributed by atoms with Crippen molar-refractivity contribution >= 4 is 5.97 Å². The second-order valence-corrected chi connectivity index (χ2v) is 3.72. The van der Waals surface area contributed by atoms with Crippen molar-refractivity contribution < 1.29 is 20.1 Å². The molecule has 15 heavy (non-hydrogen) atoms. The van der Waals surface area contributed by atoms with E-state index in [1.165, 1.54) is 19.1 Å². The molecule has 0 aliphatic rings. The van der Waals surface area contributed by atoms with Crippen molar-refractivity contribution in [2.24, 2.45) is 0 Å². The smallest absolute Gasteiger partial charge is 0.303 e. The van der Waals surface area contributed by atoms with E-state index < -0.39 is 11.6 Å². The average Bonchev–Trinajstić information content (AvgIpc) is 2.15. The van der Waals surface area contributed by atoms with Crippen LogP contribution in [0.3, 0.4) is 0 Å². The number of phenols is 1. The summed E-state index contributed by atoms with van der Waals surface area (Å²) in [6.07, 6.45) is 0.00838. The van der Waals surface area contributed by atoms with Gasteiger partial charge in [-0.25, -0.2) is 0 Å². The summed E-state index contributed by atoms with van der Waals surface area (Å²) in [7, 11) is 0. The lowest BCUT2D eigenvalue weighted by Crippen LogP contribution is -2.22. The highest BCUT2D eigenvalue weighted by atomic mass is 16.4. The van der Waals surface area contributed by atoms with Crippen molar-refractivity contribution in [3.63, 3.8) is 0 Å². The van der Waals surface area contributed by atoms with Crippen LogP contribution in [-0.4, -0.2) is 21.3 Å².